The molecule has 0 spiro atoms. The molecular weight excluding hydrogens is 96.1 g/mol. The fourth-order valence-corrected chi connectivity index (χ4v) is 0. The molecule has 0 bridgehead atoms. The highest BCUT2D eigenvalue weighted by molar-refractivity contribution is 5.65. The van der Waals surface area contributed by atoms with Crippen LogP contribution in [-0.4, -0.2) is 10.8 Å². The van der Waals surface area contributed by atoms with Crippen LogP contribution in [0.5, 0.6) is 0 Å². The Morgan fingerprint density at radius 2 is 1.43 bits per heavy atom. The monoisotopic (exact) mass is 105 g/mol. The lowest BCUT2D eigenvalue weighted by Crippen LogP contribution is -2.71. The van der Waals surface area contributed by atoms with E-state index in [2.05, 4.69) is 0 Å². The van der Waals surface area contributed by atoms with Crippen LogP contribution >= 0.6 is 0 Å². The molecule has 42 valence electrons. The minimum Gasteiger partial charge on any atom is -0.333 e. The van der Waals surface area contributed by atoms with Gasteiger partial charge in [0.25, 0.3) is 0 Å². The van der Waals surface area contributed by atoms with Gasteiger partial charge < -0.3 is 5.73 Å². The highest BCUT2D eigenvalue weighted by Gasteiger charge is 2.14. The third-order valence-electron chi connectivity index (χ3n) is 0.417. The van der Waals surface area contributed by atoms with Crippen LogP contribution in [-0.2, 0) is 0 Å². The molecule has 0 aliphatic rings. The Hall–Kier alpha value is -0.690. The molecule has 0 heterocycles. The van der Waals surface area contributed by atoms with Crippen LogP contribution in [0.4, 0.5) is 0 Å². The van der Waals surface area contributed by atoms with Crippen molar-refractivity contribution in [2.24, 2.45) is 23.3 Å². The second kappa shape index (κ2) is 1.43. The lowest BCUT2D eigenvalue weighted by molar-refractivity contribution is -0.880. The molecule has 7 heavy (non-hydrogen) atoms. The van der Waals surface area contributed by atoms with E-state index in [1.807, 2.05) is 0 Å². The lowest BCUT2D eigenvalue weighted by atomic mass is 11.0. The van der Waals surface area contributed by atoms with Crippen molar-refractivity contribution in [2.75, 3.05) is 0 Å². The van der Waals surface area contributed by atoms with Crippen LogP contribution in [0.2, 0.25) is 0 Å². The summed E-state index contributed by atoms with van der Waals surface area (Å²) >= 11 is 0. The minimum absolute atomic E-state index is 0.486. The van der Waals surface area contributed by atoms with Crippen molar-refractivity contribution in [3.05, 3.63) is 0 Å². The van der Waals surface area contributed by atoms with Crippen molar-refractivity contribution in [3.8, 4) is 0 Å². The SMILES string of the molecule is N=C(N)[N+](N)(N)N. The summed E-state index contributed by atoms with van der Waals surface area (Å²) in [4.78, 5) is -1.08. The normalized spacial score (nSPS) is 11.3. The fourth-order valence-electron chi connectivity index (χ4n) is 0. The first-order valence-corrected chi connectivity index (χ1v) is 1.54. The summed E-state index contributed by atoms with van der Waals surface area (Å²) in [5.41, 5.74) is 4.75. The first kappa shape index (κ1) is 6.31. The van der Waals surface area contributed by atoms with Crippen LogP contribution < -0.4 is 23.3 Å². The molecule has 0 aliphatic heterocycles. The summed E-state index contributed by atoms with van der Waals surface area (Å²) in [6, 6.07) is 0. The van der Waals surface area contributed by atoms with Gasteiger partial charge in [0.15, 0.2) is 0 Å². The van der Waals surface area contributed by atoms with E-state index in [0.29, 0.717) is 0 Å². The van der Waals surface area contributed by atoms with Crippen LogP contribution in [0, 0.1) is 5.41 Å². The zero-order valence-corrected chi connectivity index (χ0v) is 3.76. The van der Waals surface area contributed by atoms with Crippen molar-refractivity contribution in [1.82, 2.24) is 0 Å². The Labute approximate surface area is 40.7 Å². The molecule has 0 saturated carbocycles. The Bertz CT molecular complexity index is 76.7. The van der Waals surface area contributed by atoms with Crippen LogP contribution in [0.15, 0.2) is 0 Å². The molecule has 0 aromatic rings. The highest BCUT2D eigenvalue weighted by Crippen LogP contribution is 1.63. The maximum absolute atomic E-state index is 6.52. The molecule has 0 radical (unpaired) electrons. The van der Waals surface area contributed by atoms with Gasteiger partial charge in [0.05, 0.1) is 0 Å². The van der Waals surface area contributed by atoms with Crippen molar-refractivity contribution in [2.45, 2.75) is 0 Å². The summed E-state index contributed by atoms with van der Waals surface area (Å²) in [5.74, 6) is 14.0. The maximum Gasteiger partial charge on any atom is 0.352 e. The number of nitrogens with one attached hydrogen (secondary N) is 1. The predicted octanol–water partition coefficient (Wildman–Crippen LogP) is -2.68. The first-order valence-electron chi connectivity index (χ1n) is 1.54. The molecule has 6 heteroatoms. The number of nitrogens with two attached hydrogens (primary N) is 4. The summed E-state index contributed by atoms with van der Waals surface area (Å²) in [6.45, 7) is 0. The zero-order chi connectivity index (χ0) is 6.08. The highest BCUT2D eigenvalue weighted by atomic mass is 15.9. The molecule has 0 saturated heterocycles. The summed E-state index contributed by atoms with van der Waals surface area (Å²) in [6.07, 6.45) is 0. The van der Waals surface area contributed by atoms with Crippen LogP contribution in [0.1, 0.15) is 0 Å². The molecule has 0 amide bonds. The summed E-state index contributed by atoms with van der Waals surface area (Å²) in [5, 5.41) is 6.52. The number of rotatable bonds is 0. The van der Waals surface area contributed by atoms with E-state index in [-0.39, 0.29) is 0 Å². The van der Waals surface area contributed by atoms with Crippen LogP contribution in [0.3, 0.4) is 0 Å². The topological polar surface area (TPSA) is 128 Å². The Morgan fingerprint density at radius 3 is 1.43 bits per heavy atom. The lowest BCUT2D eigenvalue weighted by Gasteiger charge is -2.14. The minimum atomic E-state index is -1.08. The van der Waals surface area contributed by atoms with E-state index in [4.69, 9.17) is 28.7 Å². The van der Waals surface area contributed by atoms with E-state index < -0.39 is 10.8 Å². The molecule has 9 N–H and O–H groups in total. The number of hydrogen-bond donors (Lipinski definition) is 5. The van der Waals surface area contributed by atoms with Gasteiger partial charge in [-0.05, 0) is 4.81 Å². The standard InChI is InChI=1S/CH9N6/c2-1(3)7(4,5)6/h4-6H2,(H3,2,3)/q+1. The first-order chi connectivity index (χ1) is 2.94. The molecular formula is CH9N6+. The fraction of sp³-hybridized carbons (Fsp3) is 0. The number of nitrogens with zero attached hydrogens (tertiary/aromatic N) is 1. The number of hydrogen-bond acceptors (Lipinski definition) is 4. The van der Waals surface area contributed by atoms with Gasteiger partial charge in [-0.1, -0.05) is 0 Å². The van der Waals surface area contributed by atoms with Gasteiger partial charge in [-0.25, -0.2) is 5.41 Å². The van der Waals surface area contributed by atoms with E-state index >= 15 is 0 Å². The zero-order valence-electron chi connectivity index (χ0n) is 3.76. The second-order valence-corrected chi connectivity index (χ2v) is 1.22. The van der Waals surface area contributed by atoms with Gasteiger partial charge in [0.2, 0.25) is 0 Å². The van der Waals surface area contributed by atoms with Gasteiger partial charge >= 0.3 is 5.96 Å². The maximum atomic E-state index is 6.52. The summed E-state index contributed by atoms with van der Waals surface area (Å²) in [7, 11) is 0. The summed E-state index contributed by atoms with van der Waals surface area (Å²) < 4.78 is 0. The Balaban J connectivity index is 3.79. The van der Waals surface area contributed by atoms with E-state index in [1.165, 1.54) is 0 Å². The number of quaternary nitrogens is 1. The molecule has 0 atom stereocenters. The molecule has 6 nitrogen and oxygen atoms in total. The van der Waals surface area contributed by atoms with Gasteiger partial charge in [-0.15, -0.1) is 17.5 Å². The Kier molecular flexibility index (Phi) is 1.29. The third kappa shape index (κ3) is 2.06. The third-order valence-corrected chi connectivity index (χ3v) is 0.417. The van der Waals surface area contributed by atoms with Gasteiger partial charge in [0, 0.05) is 0 Å². The molecule has 0 aromatic carbocycles. The van der Waals surface area contributed by atoms with E-state index in [9.17, 15) is 0 Å². The van der Waals surface area contributed by atoms with Gasteiger partial charge in [-0.2, -0.15) is 0 Å². The van der Waals surface area contributed by atoms with Crippen molar-refractivity contribution >= 4 is 5.96 Å². The second-order valence-electron chi connectivity index (χ2n) is 1.22. The average Bonchev–Trinajstić information content (AvgIpc) is 1.31. The molecule has 0 fully saturated rings. The molecule has 0 unspecified atom stereocenters. The van der Waals surface area contributed by atoms with Crippen molar-refractivity contribution < 1.29 is 4.81 Å². The van der Waals surface area contributed by atoms with Gasteiger partial charge in [0.1, 0.15) is 0 Å². The van der Waals surface area contributed by atoms with Crippen LogP contribution in [0.25, 0.3) is 0 Å². The Morgan fingerprint density at radius 1 is 1.29 bits per heavy atom. The van der Waals surface area contributed by atoms with Gasteiger partial charge in [-0.3, -0.25) is 0 Å². The quantitative estimate of drug-likeness (QED) is 0.0755. The average molecular weight is 105 g/mol. The molecule has 0 aromatic heterocycles. The van der Waals surface area contributed by atoms with Crippen molar-refractivity contribution in [1.29, 1.82) is 5.41 Å². The molecule has 0 rings (SSSR count). The molecule has 0 aliphatic carbocycles. The predicted molar refractivity (Wildman–Crippen MR) is 24.7 cm³/mol. The number of guanidine groups is 1. The van der Waals surface area contributed by atoms with E-state index in [1.54, 1.807) is 0 Å². The largest absolute Gasteiger partial charge is 0.352 e. The van der Waals surface area contributed by atoms with E-state index in [0.717, 1.165) is 0 Å². The van der Waals surface area contributed by atoms with Crippen molar-refractivity contribution in [3.63, 3.8) is 0 Å². The smallest absolute Gasteiger partial charge is 0.333 e.